The Hall–Kier alpha value is -1.64. The second-order valence-electron chi connectivity index (χ2n) is 10.3. The zero-order chi connectivity index (χ0) is 36.5. The molecule has 3 aromatic rings. The molecule has 0 saturated carbocycles. The Labute approximate surface area is 325 Å². The number of halogens is 7. The molecule has 0 unspecified atom stereocenters. The van der Waals surface area contributed by atoms with E-state index in [1.807, 2.05) is 0 Å². The molecule has 19 heteroatoms. The van der Waals surface area contributed by atoms with Crippen LogP contribution < -0.4 is 0 Å². The monoisotopic (exact) mass is 894 g/mol. The average molecular weight is 898 g/mol. The summed E-state index contributed by atoms with van der Waals surface area (Å²) >= 11 is 38.0. The van der Waals surface area contributed by atoms with E-state index >= 15 is 0 Å². The smallest absolute Gasteiger partial charge is 0.452 e. The van der Waals surface area contributed by atoms with Crippen molar-refractivity contribution >= 4 is 111 Å². The molecule has 0 amide bonds. The highest BCUT2D eigenvalue weighted by Gasteiger charge is 2.53. The van der Waals surface area contributed by atoms with E-state index in [1.54, 1.807) is 54.6 Å². The summed E-state index contributed by atoms with van der Waals surface area (Å²) in [5.41, 5.74) is 0.410. The molecule has 0 radical (unpaired) electrons. The van der Waals surface area contributed by atoms with E-state index in [0.717, 1.165) is 0 Å². The number of phosphoric ester groups is 1. The lowest BCUT2D eigenvalue weighted by Gasteiger charge is -2.43. The van der Waals surface area contributed by atoms with Crippen LogP contribution in [-0.2, 0) is 37.1 Å². The number of esters is 3. The van der Waals surface area contributed by atoms with E-state index in [9.17, 15) is 18.9 Å². The molecule has 1 aliphatic rings. The van der Waals surface area contributed by atoms with E-state index in [4.69, 9.17) is 102 Å². The standard InChI is InChI=1S/C31H26BrCl6O11P/c32-26-25(49-29(41)21-14-8-3-9-15-21)24(48-28(40)20-12-6-2-7-13-20)23(47-27(39)19-10-4-1-5-11-19)22(46-26)16-43-50(42,44-17-30(33,34)35)45-18-31(36,37)38/h1-15,22-26H,16-18H2/t22-,23-,24+,25+,26+/m1/s1. The topological polar surface area (TPSA) is 133 Å². The molecule has 0 aliphatic carbocycles. The first kappa shape index (κ1) is 41.1. The zero-order valence-corrected chi connectivity index (χ0v) is 32.3. The average Bonchev–Trinajstić information content (AvgIpc) is 3.09. The van der Waals surface area contributed by atoms with Crippen molar-refractivity contribution in [3.8, 4) is 0 Å². The Bertz CT molecular complexity index is 1610. The summed E-state index contributed by atoms with van der Waals surface area (Å²) in [6, 6.07) is 23.7. The number of hydrogen-bond acceptors (Lipinski definition) is 11. The minimum Gasteiger partial charge on any atom is -0.452 e. The van der Waals surface area contributed by atoms with Crippen LogP contribution >= 0.6 is 93.4 Å². The molecule has 0 aromatic heterocycles. The lowest BCUT2D eigenvalue weighted by molar-refractivity contribution is -0.204. The Morgan fingerprint density at radius 1 is 0.600 bits per heavy atom. The summed E-state index contributed by atoms with van der Waals surface area (Å²) in [5.74, 6) is -2.55. The molecule has 0 N–H and O–H groups in total. The van der Waals surface area contributed by atoms with Crippen molar-refractivity contribution in [2.75, 3.05) is 19.8 Å². The van der Waals surface area contributed by atoms with E-state index < -0.39 is 82.6 Å². The van der Waals surface area contributed by atoms with Gasteiger partial charge in [0, 0.05) is 0 Å². The van der Waals surface area contributed by atoms with Crippen LogP contribution in [0.2, 0.25) is 0 Å². The first-order valence-corrected chi connectivity index (χ1v) is 18.9. The number of carbonyl (C=O) groups excluding carboxylic acids is 3. The fourth-order valence-corrected chi connectivity index (χ4v) is 7.01. The number of alkyl halides is 7. The van der Waals surface area contributed by atoms with E-state index in [0.29, 0.717) is 0 Å². The van der Waals surface area contributed by atoms with E-state index in [2.05, 4.69) is 15.9 Å². The van der Waals surface area contributed by atoms with Crippen LogP contribution in [0.3, 0.4) is 0 Å². The quantitative estimate of drug-likeness (QED) is 0.0707. The van der Waals surface area contributed by atoms with Gasteiger partial charge in [0.15, 0.2) is 23.3 Å². The largest absolute Gasteiger partial charge is 0.475 e. The molecule has 5 atom stereocenters. The lowest BCUT2D eigenvalue weighted by Crippen LogP contribution is -2.61. The molecule has 0 bridgehead atoms. The third kappa shape index (κ3) is 12.8. The van der Waals surface area contributed by atoms with Gasteiger partial charge in [-0.25, -0.2) is 18.9 Å². The molecule has 11 nitrogen and oxygen atoms in total. The minimum atomic E-state index is -4.73. The van der Waals surface area contributed by atoms with Crippen molar-refractivity contribution in [1.29, 1.82) is 0 Å². The SMILES string of the molecule is O=C(O[C@@H]1[C@H](OC(=O)c2ccccc2)[C@@H](Br)O[C@H](COP(=O)(OCC(Cl)(Cl)Cl)OCC(Cl)(Cl)Cl)[C@H]1OC(=O)c1ccccc1)c1ccccc1. The third-order valence-electron chi connectivity index (χ3n) is 6.50. The van der Waals surface area contributed by atoms with Crippen LogP contribution in [0.4, 0.5) is 0 Å². The summed E-state index contributed by atoms with van der Waals surface area (Å²) in [4.78, 5) is 40.2. The maximum atomic E-state index is 13.6. The highest BCUT2D eigenvalue weighted by molar-refractivity contribution is 9.09. The van der Waals surface area contributed by atoms with Crippen LogP contribution in [-0.4, -0.2) is 74.7 Å². The van der Waals surface area contributed by atoms with E-state index in [1.165, 1.54) is 36.4 Å². The van der Waals surface area contributed by atoms with Crippen LogP contribution in [0, 0.1) is 0 Å². The van der Waals surface area contributed by atoms with Gasteiger partial charge in [-0.05, 0) is 36.4 Å². The molecular weight excluding hydrogens is 872 g/mol. The maximum absolute atomic E-state index is 13.6. The van der Waals surface area contributed by atoms with Crippen LogP contribution in [0.25, 0.3) is 0 Å². The zero-order valence-electron chi connectivity index (χ0n) is 25.3. The molecule has 1 fully saturated rings. The van der Waals surface area contributed by atoms with Gasteiger partial charge in [-0.1, -0.05) is 140 Å². The number of carbonyl (C=O) groups is 3. The van der Waals surface area contributed by atoms with Gasteiger partial charge in [-0.15, -0.1) is 0 Å². The first-order valence-electron chi connectivity index (χ1n) is 14.3. The summed E-state index contributed by atoms with van der Waals surface area (Å²) in [7, 11) is -4.73. The summed E-state index contributed by atoms with van der Waals surface area (Å²) < 4.78 is 49.0. The molecule has 50 heavy (non-hydrogen) atoms. The van der Waals surface area contributed by atoms with Gasteiger partial charge in [0.05, 0.1) is 23.3 Å². The molecule has 1 saturated heterocycles. The van der Waals surface area contributed by atoms with Crippen molar-refractivity contribution in [2.45, 2.75) is 37.0 Å². The van der Waals surface area contributed by atoms with Gasteiger partial charge in [-0.2, -0.15) is 0 Å². The van der Waals surface area contributed by atoms with Gasteiger partial charge in [0.25, 0.3) is 0 Å². The third-order valence-corrected chi connectivity index (χ3v) is 9.25. The van der Waals surface area contributed by atoms with Gasteiger partial charge >= 0.3 is 25.7 Å². The van der Waals surface area contributed by atoms with Crippen LogP contribution in [0.1, 0.15) is 31.1 Å². The summed E-state index contributed by atoms with van der Waals surface area (Å²) in [5, 5.41) is -1.23. The van der Waals surface area contributed by atoms with E-state index in [-0.39, 0.29) is 16.7 Å². The van der Waals surface area contributed by atoms with Crippen LogP contribution in [0.5, 0.6) is 0 Å². The number of hydrogen-bond donors (Lipinski definition) is 0. The lowest BCUT2D eigenvalue weighted by atomic mass is 9.99. The molecule has 0 spiro atoms. The highest BCUT2D eigenvalue weighted by Crippen LogP contribution is 2.53. The van der Waals surface area contributed by atoms with Gasteiger partial charge in [-0.3, -0.25) is 13.6 Å². The minimum absolute atomic E-state index is 0.113. The second-order valence-corrected chi connectivity index (χ2v) is 17.9. The molecule has 4 rings (SSSR count). The Kier molecular flexibility index (Phi) is 15.1. The Morgan fingerprint density at radius 3 is 1.34 bits per heavy atom. The number of phosphoric acid groups is 1. The molecule has 1 aliphatic heterocycles. The molecule has 3 aromatic carbocycles. The Morgan fingerprint density at radius 2 is 0.960 bits per heavy atom. The van der Waals surface area contributed by atoms with Crippen molar-refractivity contribution < 1.29 is 51.5 Å². The Balaban J connectivity index is 1.71. The van der Waals surface area contributed by atoms with Crippen molar-refractivity contribution in [2.24, 2.45) is 0 Å². The van der Waals surface area contributed by atoms with Crippen molar-refractivity contribution in [3.63, 3.8) is 0 Å². The number of ether oxygens (including phenoxy) is 4. The molecule has 1 heterocycles. The molecular formula is C31H26BrCl6O11P. The van der Waals surface area contributed by atoms with Crippen molar-refractivity contribution in [1.82, 2.24) is 0 Å². The summed E-state index contributed by atoms with van der Waals surface area (Å²) in [6.07, 6.45) is -5.99. The predicted molar refractivity (Wildman–Crippen MR) is 191 cm³/mol. The fourth-order valence-electron chi connectivity index (χ4n) is 4.28. The van der Waals surface area contributed by atoms with Gasteiger partial charge < -0.3 is 18.9 Å². The number of rotatable bonds is 13. The van der Waals surface area contributed by atoms with Crippen LogP contribution in [0.15, 0.2) is 91.0 Å². The summed E-state index contributed by atoms with van der Waals surface area (Å²) in [6.45, 7) is -2.32. The van der Waals surface area contributed by atoms with Crippen molar-refractivity contribution in [3.05, 3.63) is 108 Å². The van der Waals surface area contributed by atoms with Gasteiger partial charge in [0.1, 0.15) is 19.3 Å². The van der Waals surface area contributed by atoms with Gasteiger partial charge in [0.2, 0.25) is 7.59 Å². The predicted octanol–water partition coefficient (Wildman–Crippen LogP) is 8.68. The fraction of sp³-hybridized carbons (Fsp3) is 0.323. The maximum Gasteiger partial charge on any atom is 0.475 e. The normalized spacial score (nSPS) is 21.2. The number of benzene rings is 3. The second kappa shape index (κ2) is 18.4. The highest BCUT2D eigenvalue weighted by atomic mass is 79.9. The molecule has 270 valence electrons. The first-order chi connectivity index (χ1) is 23.5.